The molecule has 1 unspecified atom stereocenters. The molecule has 0 saturated carbocycles. The van der Waals surface area contributed by atoms with Crippen molar-refractivity contribution in [2.45, 2.75) is 25.8 Å². The Hall–Kier alpha value is -2.29. The predicted octanol–water partition coefficient (Wildman–Crippen LogP) is 3.45. The Labute approximate surface area is 119 Å². The molecule has 3 nitrogen and oxygen atoms in total. The standard InChI is InChI=1S/C17H20N2O/c1-12(2)14-9-6-10-15(11-14)19-16(17(18)20)13-7-4-3-5-8-13/h3-12,16,19H,1-2H3,(H2,18,20). The van der Waals surface area contributed by atoms with E-state index in [2.05, 4.69) is 31.3 Å². The van der Waals surface area contributed by atoms with Gasteiger partial charge in [-0.25, -0.2) is 0 Å². The van der Waals surface area contributed by atoms with Crippen molar-refractivity contribution in [3.63, 3.8) is 0 Å². The Morgan fingerprint density at radius 2 is 1.65 bits per heavy atom. The van der Waals surface area contributed by atoms with Crippen LogP contribution in [0.3, 0.4) is 0 Å². The maximum atomic E-state index is 11.7. The van der Waals surface area contributed by atoms with Crippen LogP contribution < -0.4 is 11.1 Å². The van der Waals surface area contributed by atoms with E-state index in [1.54, 1.807) is 0 Å². The van der Waals surface area contributed by atoms with Gasteiger partial charge in [-0.05, 0) is 29.2 Å². The molecule has 0 aliphatic rings. The minimum Gasteiger partial charge on any atom is -0.370 e. The van der Waals surface area contributed by atoms with Gasteiger partial charge in [0.15, 0.2) is 0 Å². The van der Waals surface area contributed by atoms with E-state index in [-0.39, 0.29) is 5.91 Å². The second kappa shape index (κ2) is 6.24. The fraction of sp³-hybridized carbons (Fsp3) is 0.235. The second-order valence-corrected chi connectivity index (χ2v) is 5.17. The van der Waals surface area contributed by atoms with Gasteiger partial charge in [0.1, 0.15) is 6.04 Å². The average Bonchev–Trinajstić information content (AvgIpc) is 2.45. The number of nitrogens with one attached hydrogen (secondary N) is 1. The number of benzene rings is 2. The first kappa shape index (κ1) is 14.1. The molecule has 3 N–H and O–H groups in total. The van der Waals surface area contributed by atoms with Gasteiger partial charge in [0, 0.05) is 5.69 Å². The first-order chi connectivity index (χ1) is 9.58. The van der Waals surface area contributed by atoms with Crippen molar-refractivity contribution in [1.29, 1.82) is 0 Å². The number of anilines is 1. The SMILES string of the molecule is CC(C)c1cccc(NC(C(N)=O)c2ccccc2)c1. The van der Waals surface area contributed by atoms with E-state index < -0.39 is 6.04 Å². The summed E-state index contributed by atoms with van der Waals surface area (Å²) in [4.78, 5) is 11.7. The number of primary amides is 1. The fourth-order valence-corrected chi connectivity index (χ4v) is 2.12. The smallest absolute Gasteiger partial charge is 0.244 e. The van der Waals surface area contributed by atoms with E-state index in [1.807, 2.05) is 42.5 Å². The van der Waals surface area contributed by atoms with Crippen LogP contribution in [0.5, 0.6) is 0 Å². The molecule has 3 heteroatoms. The molecule has 0 aliphatic heterocycles. The normalized spacial score (nSPS) is 12.2. The van der Waals surface area contributed by atoms with Crippen molar-refractivity contribution in [2.75, 3.05) is 5.32 Å². The zero-order chi connectivity index (χ0) is 14.5. The molecule has 0 aliphatic carbocycles. The van der Waals surface area contributed by atoms with Crippen molar-refractivity contribution in [1.82, 2.24) is 0 Å². The molecule has 0 bridgehead atoms. The lowest BCUT2D eigenvalue weighted by molar-refractivity contribution is -0.118. The summed E-state index contributed by atoms with van der Waals surface area (Å²) < 4.78 is 0. The summed E-state index contributed by atoms with van der Waals surface area (Å²) in [6, 6.07) is 17.1. The first-order valence-electron chi connectivity index (χ1n) is 6.78. The summed E-state index contributed by atoms with van der Waals surface area (Å²) in [6.07, 6.45) is 0. The lowest BCUT2D eigenvalue weighted by Gasteiger charge is -2.18. The van der Waals surface area contributed by atoms with E-state index in [0.717, 1.165) is 11.3 Å². The third kappa shape index (κ3) is 3.38. The zero-order valence-corrected chi connectivity index (χ0v) is 11.8. The summed E-state index contributed by atoms with van der Waals surface area (Å²) in [5, 5.41) is 3.22. The molecule has 2 rings (SSSR count). The van der Waals surface area contributed by atoms with E-state index in [4.69, 9.17) is 5.73 Å². The van der Waals surface area contributed by atoms with E-state index in [1.165, 1.54) is 5.56 Å². The highest BCUT2D eigenvalue weighted by Crippen LogP contribution is 2.23. The van der Waals surface area contributed by atoms with Crippen LogP contribution in [-0.2, 0) is 4.79 Å². The maximum Gasteiger partial charge on any atom is 0.244 e. The second-order valence-electron chi connectivity index (χ2n) is 5.17. The van der Waals surface area contributed by atoms with E-state index >= 15 is 0 Å². The topological polar surface area (TPSA) is 55.1 Å². The Morgan fingerprint density at radius 3 is 2.25 bits per heavy atom. The van der Waals surface area contributed by atoms with Crippen LogP contribution in [-0.4, -0.2) is 5.91 Å². The van der Waals surface area contributed by atoms with Gasteiger partial charge in [0.2, 0.25) is 5.91 Å². The number of rotatable bonds is 5. The highest BCUT2D eigenvalue weighted by molar-refractivity contribution is 5.84. The van der Waals surface area contributed by atoms with Crippen molar-refractivity contribution in [3.05, 3.63) is 65.7 Å². The van der Waals surface area contributed by atoms with Gasteiger partial charge in [-0.2, -0.15) is 0 Å². The highest BCUT2D eigenvalue weighted by atomic mass is 16.1. The summed E-state index contributed by atoms with van der Waals surface area (Å²) in [6.45, 7) is 4.28. The van der Waals surface area contributed by atoms with Crippen molar-refractivity contribution in [2.24, 2.45) is 5.73 Å². The molecule has 0 radical (unpaired) electrons. The minimum atomic E-state index is -0.515. The number of hydrogen-bond donors (Lipinski definition) is 2. The van der Waals surface area contributed by atoms with Crippen LogP contribution in [0.2, 0.25) is 0 Å². The van der Waals surface area contributed by atoms with Crippen LogP contribution in [0.15, 0.2) is 54.6 Å². The molecule has 0 aromatic heterocycles. The van der Waals surface area contributed by atoms with Gasteiger partial charge < -0.3 is 11.1 Å². The Bertz CT molecular complexity index is 579. The molecule has 0 saturated heterocycles. The molecule has 104 valence electrons. The van der Waals surface area contributed by atoms with Crippen molar-refractivity contribution < 1.29 is 4.79 Å². The van der Waals surface area contributed by atoms with Crippen LogP contribution in [0.4, 0.5) is 5.69 Å². The number of nitrogens with two attached hydrogens (primary N) is 1. The van der Waals surface area contributed by atoms with Gasteiger partial charge >= 0.3 is 0 Å². The van der Waals surface area contributed by atoms with Crippen molar-refractivity contribution >= 4 is 11.6 Å². The molecule has 1 amide bonds. The van der Waals surface area contributed by atoms with Gasteiger partial charge in [0.25, 0.3) is 0 Å². The van der Waals surface area contributed by atoms with Crippen LogP contribution in [0.1, 0.15) is 36.9 Å². The van der Waals surface area contributed by atoms with Gasteiger partial charge in [-0.1, -0.05) is 56.3 Å². The molecule has 20 heavy (non-hydrogen) atoms. The van der Waals surface area contributed by atoms with Crippen LogP contribution in [0.25, 0.3) is 0 Å². The van der Waals surface area contributed by atoms with Crippen molar-refractivity contribution in [3.8, 4) is 0 Å². The largest absolute Gasteiger partial charge is 0.370 e. The first-order valence-corrected chi connectivity index (χ1v) is 6.78. The molecule has 2 aromatic rings. The number of hydrogen-bond acceptors (Lipinski definition) is 2. The monoisotopic (exact) mass is 268 g/mol. The third-order valence-electron chi connectivity index (χ3n) is 3.28. The summed E-state index contributed by atoms with van der Waals surface area (Å²) >= 11 is 0. The lowest BCUT2D eigenvalue weighted by atomic mass is 10.0. The van der Waals surface area contributed by atoms with Crippen LogP contribution in [0, 0.1) is 0 Å². The molecule has 1 atom stereocenters. The lowest BCUT2D eigenvalue weighted by Crippen LogP contribution is -2.27. The Morgan fingerprint density at radius 1 is 1.00 bits per heavy atom. The molecular weight excluding hydrogens is 248 g/mol. The molecule has 2 aromatic carbocycles. The minimum absolute atomic E-state index is 0.383. The summed E-state index contributed by atoms with van der Waals surface area (Å²) in [7, 11) is 0. The summed E-state index contributed by atoms with van der Waals surface area (Å²) in [5.41, 5.74) is 8.52. The fourth-order valence-electron chi connectivity index (χ4n) is 2.12. The van der Waals surface area contributed by atoms with E-state index in [9.17, 15) is 4.79 Å². The highest BCUT2D eigenvalue weighted by Gasteiger charge is 2.17. The number of amides is 1. The number of carbonyl (C=O) groups excluding carboxylic acids is 1. The predicted molar refractivity (Wildman–Crippen MR) is 82.5 cm³/mol. The Balaban J connectivity index is 2.25. The molecular formula is C17H20N2O. The quantitative estimate of drug-likeness (QED) is 0.872. The van der Waals surface area contributed by atoms with Gasteiger partial charge in [-0.15, -0.1) is 0 Å². The van der Waals surface area contributed by atoms with E-state index in [0.29, 0.717) is 5.92 Å². The number of carbonyl (C=O) groups is 1. The third-order valence-corrected chi connectivity index (χ3v) is 3.28. The van der Waals surface area contributed by atoms with Gasteiger partial charge in [-0.3, -0.25) is 4.79 Å². The van der Waals surface area contributed by atoms with Crippen LogP contribution >= 0.6 is 0 Å². The molecule has 0 heterocycles. The summed E-state index contributed by atoms with van der Waals surface area (Å²) in [5.74, 6) is 0.0617. The maximum absolute atomic E-state index is 11.7. The van der Waals surface area contributed by atoms with Gasteiger partial charge in [0.05, 0.1) is 0 Å². The Kier molecular flexibility index (Phi) is 4.41. The average molecular weight is 268 g/mol. The molecule has 0 fully saturated rings. The molecule has 0 spiro atoms. The zero-order valence-electron chi connectivity index (χ0n) is 11.8.